The SMILES string of the molecule is CC/C=C\C/C=C\C/C=C\C/C=C\C/C=C\C/C=C\CCCCCCCCCCCCCCCCCCC(=O)OCC(COC(=O)CCCCCCC/C=C\CCC)OC(=O)CCCCCCC/C=C\C/C=C\CCCCC. The van der Waals surface area contributed by atoms with Gasteiger partial charge in [0.25, 0.3) is 0 Å². The Morgan fingerprint density at radius 3 is 0.846 bits per heavy atom. The summed E-state index contributed by atoms with van der Waals surface area (Å²) in [5.41, 5.74) is 0. The molecule has 0 aliphatic carbocycles. The van der Waals surface area contributed by atoms with Crippen LogP contribution in [0, 0.1) is 0 Å². The molecule has 446 valence electrons. The van der Waals surface area contributed by atoms with Crippen LogP contribution in [0.5, 0.6) is 0 Å². The molecular weight excluding hydrogens is 961 g/mol. The van der Waals surface area contributed by atoms with E-state index in [0.717, 1.165) is 135 Å². The molecule has 0 spiro atoms. The van der Waals surface area contributed by atoms with Crippen LogP contribution in [0.2, 0.25) is 0 Å². The van der Waals surface area contributed by atoms with Crippen LogP contribution in [-0.4, -0.2) is 37.2 Å². The Labute approximate surface area is 482 Å². The summed E-state index contributed by atoms with van der Waals surface area (Å²) < 4.78 is 16.9. The van der Waals surface area contributed by atoms with E-state index in [2.05, 4.69) is 130 Å². The Morgan fingerprint density at radius 2 is 0.526 bits per heavy atom. The van der Waals surface area contributed by atoms with Crippen LogP contribution < -0.4 is 0 Å². The fourth-order valence-corrected chi connectivity index (χ4v) is 9.07. The van der Waals surface area contributed by atoms with E-state index >= 15 is 0 Å². The molecule has 0 aromatic heterocycles. The first-order valence-electron chi connectivity index (χ1n) is 32.9. The van der Waals surface area contributed by atoms with Gasteiger partial charge in [-0.25, -0.2) is 0 Å². The van der Waals surface area contributed by atoms with Gasteiger partial charge in [-0.3, -0.25) is 14.4 Å². The molecule has 0 aromatic rings. The van der Waals surface area contributed by atoms with Crippen LogP contribution in [0.25, 0.3) is 0 Å². The number of hydrogen-bond acceptors (Lipinski definition) is 6. The van der Waals surface area contributed by atoms with Gasteiger partial charge in [-0.05, 0) is 122 Å². The Hall–Kier alpha value is -3.93. The molecule has 0 aliphatic heterocycles. The Kier molecular flexibility index (Phi) is 62.3. The van der Waals surface area contributed by atoms with Crippen LogP contribution >= 0.6 is 0 Å². The van der Waals surface area contributed by atoms with Crippen LogP contribution in [0.15, 0.2) is 109 Å². The van der Waals surface area contributed by atoms with E-state index < -0.39 is 6.10 Å². The van der Waals surface area contributed by atoms with Crippen LogP contribution in [-0.2, 0) is 28.6 Å². The highest BCUT2D eigenvalue weighted by Gasteiger charge is 2.19. The summed E-state index contributed by atoms with van der Waals surface area (Å²) in [6.45, 7) is 6.43. The van der Waals surface area contributed by atoms with Gasteiger partial charge in [0, 0.05) is 19.3 Å². The molecule has 6 heteroatoms. The van der Waals surface area contributed by atoms with Crippen molar-refractivity contribution in [1.82, 2.24) is 0 Å². The summed E-state index contributed by atoms with van der Waals surface area (Å²) in [5.74, 6) is -0.902. The van der Waals surface area contributed by atoms with Crippen molar-refractivity contribution in [3.05, 3.63) is 109 Å². The zero-order chi connectivity index (χ0) is 56.4. The lowest BCUT2D eigenvalue weighted by molar-refractivity contribution is -0.167. The summed E-state index contributed by atoms with van der Waals surface area (Å²) in [5, 5.41) is 0. The first-order valence-corrected chi connectivity index (χ1v) is 32.9. The molecule has 0 aliphatic rings. The highest BCUT2D eigenvalue weighted by atomic mass is 16.6. The smallest absolute Gasteiger partial charge is 0.306 e. The average molecular weight is 1080 g/mol. The van der Waals surface area contributed by atoms with E-state index in [-0.39, 0.29) is 31.1 Å². The van der Waals surface area contributed by atoms with Crippen molar-refractivity contribution in [3.8, 4) is 0 Å². The molecule has 0 fully saturated rings. The molecule has 0 saturated heterocycles. The zero-order valence-electron chi connectivity index (χ0n) is 51.2. The number of carbonyl (C=O) groups is 3. The number of allylic oxidation sites excluding steroid dienone is 18. The molecule has 0 amide bonds. The zero-order valence-corrected chi connectivity index (χ0v) is 51.2. The van der Waals surface area contributed by atoms with Crippen molar-refractivity contribution in [2.75, 3.05) is 13.2 Å². The third-order valence-electron chi connectivity index (χ3n) is 14.0. The van der Waals surface area contributed by atoms with Crippen LogP contribution in [0.3, 0.4) is 0 Å². The van der Waals surface area contributed by atoms with Crippen LogP contribution in [0.1, 0.15) is 310 Å². The molecule has 0 radical (unpaired) electrons. The summed E-state index contributed by atoms with van der Waals surface area (Å²) in [4.78, 5) is 38.2. The van der Waals surface area contributed by atoms with E-state index in [1.165, 1.54) is 135 Å². The van der Waals surface area contributed by atoms with Gasteiger partial charge < -0.3 is 14.2 Å². The summed E-state index contributed by atoms with van der Waals surface area (Å²) >= 11 is 0. The molecular formula is C72H122O6. The second-order valence-corrected chi connectivity index (χ2v) is 21.6. The molecule has 0 heterocycles. The molecule has 0 saturated carbocycles. The lowest BCUT2D eigenvalue weighted by Crippen LogP contribution is -2.30. The number of carbonyl (C=O) groups excluding carboxylic acids is 3. The summed E-state index contributed by atoms with van der Waals surface area (Å²) in [6.07, 6.45) is 89.8. The molecule has 0 bridgehead atoms. The molecule has 6 nitrogen and oxygen atoms in total. The van der Waals surface area contributed by atoms with Gasteiger partial charge in [-0.15, -0.1) is 0 Å². The fraction of sp³-hybridized carbons (Fsp3) is 0.708. The number of hydrogen-bond donors (Lipinski definition) is 0. The topological polar surface area (TPSA) is 78.9 Å². The third-order valence-corrected chi connectivity index (χ3v) is 14.0. The van der Waals surface area contributed by atoms with Crippen molar-refractivity contribution in [2.45, 2.75) is 316 Å². The second kappa shape index (κ2) is 65.6. The van der Waals surface area contributed by atoms with Crippen molar-refractivity contribution >= 4 is 17.9 Å². The maximum atomic E-state index is 12.9. The van der Waals surface area contributed by atoms with E-state index in [0.29, 0.717) is 19.3 Å². The first-order chi connectivity index (χ1) is 38.5. The predicted molar refractivity (Wildman–Crippen MR) is 339 cm³/mol. The number of esters is 3. The molecule has 1 unspecified atom stereocenters. The van der Waals surface area contributed by atoms with Crippen molar-refractivity contribution in [1.29, 1.82) is 0 Å². The third kappa shape index (κ3) is 62.9. The highest BCUT2D eigenvalue weighted by Crippen LogP contribution is 2.16. The van der Waals surface area contributed by atoms with E-state index in [1.807, 2.05) is 0 Å². The lowest BCUT2D eigenvalue weighted by atomic mass is 10.0. The van der Waals surface area contributed by atoms with Crippen LogP contribution in [0.4, 0.5) is 0 Å². The first kappa shape index (κ1) is 74.1. The quantitative estimate of drug-likeness (QED) is 0.0261. The van der Waals surface area contributed by atoms with Gasteiger partial charge in [0.05, 0.1) is 0 Å². The van der Waals surface area contributed by atoms with E-state index in [1.54, 1.807) is 0 Å². The largest absolute Gasteiger partial charge is 0.462 e. The Bertz CT molecular complexity index is 1570. The maximum absolute atomic E-state index is 12.9. The minimum absolute atomic E-state index is 0.0843. The van der Waals surface area contributed by atoms with Gasteiger partial charge >= 0.3 is 17.9 Å². The lowest BCUT2D eigenvalue weighted by Gasteiger charge is -2.18. The fourth-order valence-electron chi connectivity index (χ4n) is 9.07. The monoisotopic (exact) mass is 1080 g/mol. The number of ether oxygens (including phenoxy) is 3. The maximum Gasteiger partial charge on any atom is 0.306 e. The molecule has 1 atom stereocenters. The van der Waals surface area contributed by atoms with Gasteiger partial charge in [-0.1, -0.05) is 278 Å². The van der Waals surface area contributed by atoms with E-state index in [9.17, 15) is 14.4 Å². The number of rotatable bonds is 59. The molecule has 78 heavy (non-hydrogen) atoms. The minimum atomic E-state index is -0.787. The average Bonchev–Trinajstić information content (AvgIpc) is 3.44. The van der Waals surface area contributed by atoms with E-state index in [4.69, 9.17) is 14.2 Å². The Morgan fingerprint density at radius 1 is 0.269 bits per heavy atom. The van der Waals surface area contributed by atoms with Crippen molar-refractivity contribution in [3.63, 3.8) is 0 Å². The highest BCUT2D eigenvalue weighted by molar-refractivity contribution is 5.71. The van der Waals surface area contributed by atoms with Gasteiger partial charge in [-0.2, -0.15) is 0 Å². The summed E-state index contributed by atoms with van der Waals surface area (Å²) in [6, 6.07) is 0. The molecule has 0 N–H and O–H groups in total. The molecule has 0 aromatic carbocycles. The minimum Gasteiger partial charge on any atom is -0.462 e. The molecule has 0 rings (SSSR count). The van der Waals surface area contributed by atoms with Gasteiger partial charge in [0.15, 0.2) is 6.10 Å². The van der Waals surface area contributed by atoms with Gasteiger partial charge in [0.2, 0.25) is 0 Å². The normalized spacial score (nSPS) is 12.8. The summed E-state index contributed by atoms with van der Waals surface area (Å²) in [7, 11) is 0. The van der Waals surface area contributed by atoms with Gasteiger partial charge in [0.1, 0.15) is 13.2 Å². The van der Waals surface area contributed by atoms with Crippen molar-refractivity contribution in [2.24, 2.45) is 0 Å². The second-order valence-electron chi connectivity index (χ2n) is 21.6. The Balaban J connectivity index is 4.09. The predicted octanol–water partition coefficient (Wildman–Crippen LogP) is 22.6. The number of unbranched alkanes of at least 4 members (excludes halogenated alkanes) is 30. The van der Waals surface area contributed by atoms with Crippen molar-refractivity contribution < 1.29 is 28.6 Å². The standard InChI is InChI=1S/C72H122O6/c1-4-7-10-13-16-19-22-24-26-27-28-29-30-31-32-33-34-35-36-37-38-39-40-41-42-43-44-45-47-48-50-53-56-59-62-65-71(74)77-68-69(67-76-70(73)64-61-58-55-52-21-18-15-12-9-6-3)78-72(75)66-63-60-57-54-51-49-46-25-23-20-17-14-11-8-5-2/h7,10,12,15-17,19-20,24-26,28-29,31-32,34-35,46,69H,4-6,8-9,11,13-14,18,21-23,27,30,33,36-45,47-68H2,1-3H3/b10-7-,15-12-,19-16-,20-17-,26-24-,29-28-,32-31-,35-34-,46-25-.